The molecule has 1 aromatic carbocycles. The molecule has 0 bridgehead atoms. The maximum atomic E-state index is 11.8. The molecule has 1 heterocycles. The Bertz CT molecular complexity index is 685. The summed E-state index contributed by atoms with van der Waals surface area (Å²) in [7, 11) is -3.81. The second kappa shape index (κ2) is 4.84. The molecular formula is C11H13N3O5S. The fourth-order valence-corrected chi connectivity index (χ4v) is 2.84. The molecular weight excluding hydrogens is 286 g/mol. The van der Waals surface area contributed by atoms with Gasteiger partial charge in [-0.25, -0.2) is 13.6 Å². The lowest BCUT2D eigenvalue weighted by atomic mass is 10.2. The zero-order chi connectivity index (χ0) is 15.1. The van der Waals surface area contributed by atoms with Crippen molar-refractivity contribution in [2.75, 3.05) is 11.4 Å². The first kappa shape index (κ1) is 14.4. The van der Waals surface area contributed by atoms with E-state index in [1.54, 1.807) is 13.0 Å². The lowest BCUT2D eigenvalue weighted by Gasteiger charge is -2.16. The molecule has 1 amide bonds. The van der Waals surface area contributed by atoms with Gasteiger partial charge in [0.1, 0.15) is 5.25 Å². The van der Waals surface area contributed by atoms with Gasteiger partial charge in [0.15, 0.2) is 0 Å². The van der Waals surface area contributed by atoms with Crippen LogP contribution in [0.25, 0.3) is 0 Å². The SMILES string of the molecule is Cc1ccc(N2CC(S(N)(=O)=O)CC2=O)cc1[N+](=O)[O-]. The molecule has 0 spiro atoms. The Balaban J connectivity index is 2.36. The molecule has 0 saturated carbocycles. The predicted octanol–water partition coefficient (Wildman–Crippen LogP) is 0.297. The number of amides is 1. The fourth-order valence-electron chi connectivity index (χ4n) is 2.11. The van der Waals surface area contributed by atoms with Gasteiger partial charge in [-0.1, -0.05) is 6.07 Å². The smallest absolute Gasteiger partial charge is 0.274 e. The van der Waals surface area contributed by atoms with E-state index in [9.17, 15) is 23.3 Å². The number of anilines is 1. The molecule has 1 saturated heterocycles. The molecule has 2 N–H and O–H groups in total. The highest BCUT2D eigenvalue weighted by atomic mass is 32.2. The maximum absolute atomic E-state index is 11.8. The number of nitro benzene ring substituents is 1. The number of rotatable bonds is 3. The van der Waals surface area contributed by atoms with E-state index in [0.29, 0.717) is 11.3 Å². The van der Waals surface area contributed by atoms with Crippen molar-refractivity contribution in [2.45, 2.75) is 18.6 Å². The van der Waals surface area contributed by atoms with Gasteiger partial charge in [-0.2, -0.15) is 0 Å². The number of carbonyl (C=O) groups is 1. The standard InChI is InChI=1S/C11H13N3O5S/c1-7-2-3-8(4-10(7)14(16)17)13-6-9(5-11(13)15)20(12,18)19/h2-4,9H,5-6H2,1H3,(H2,12,18,19). The Hall–Kier alpha value is -2.00. The number of benzene rings is 1. The Morgan fingerprint density at radius 1 is 1.45 bits per heavy atom. The summed E-state index contributed by atoms with van der Waals surface area (Å²) >= 11 is 0. The summed E-state index contributed by atoms with van der Waals surface area (Å²) in [4.78, 5) is 23.4. The molecule has 9 heteroatoms. The van der Waals surface area contributed by atoms with E-state index in [4.69, 9.17) is 5.14 Å². The van der Waals surface area contributed by atoms with Crippen molar-refractivity contribution >= 4 is 27.3 Å². The molecule has 1 fully saturated rings. The summed E-state index contributed by atoms with van der Waals surface area (Å²) in [5, 5.41) is 14.9. The van der Waals surface area contributed by atoms with Crippen LogP contribution in [0.2, 0.25) is 0 Å². The largest absolute Gasteiger partial charge is 0.311 e. The highest BCUT2D eigenvalue weighted by Gasteiger charge is 2.37. The molecule has 20 heavy (non-hydrogen) atoms. The first-order valence-electron chi connectivity index (χ1n) is 5.77. The Labute approximate surface area is 115 Å². The van der Waals surface area contributed by atoms with Crippen molar-refractivity contribution < 1.29 is 18.1 Å². The minimum Gasteiger partial charge on any atom is -0.311 e. The summed E-state index contributed by atoms with van der Waals surface area (Å²) in [6.07, 6.45) is -0.208. The lowest BCUT2D eigenvalue weighted by molar-refractivity contribution is -0.385. The van der Waals surface area contributed by atoms with Crippen molar-refractivity contribution in [2.24, 2.45) is 5.14 Å². The van der Waals surface area contributed by atoms with Crippen LogP contribution in [0.15, 0.2) is 18.2 Å². The van der Waals surface area contributed by atoms with Crippen LogP contribution in [-0.4, -0.2) is 31.0 Å². The predicted molar refractivity (Wildman–Crippen MR) is 71.7 cm³/mol. The number of aryl methyl sites for hydroxylation is 1. The van der Waals surface area contributed by atoms with Crippen LogP contribution in [-0.2, 0) is 14.8 Å². The third-order valence-electron chi connectivity index (χ3n) is 3.26. The number of nitrogens with two attached hydrogens (primary N) is 1. The Morgan fingerprint density at radius 2 is 2.10 bits per heavy atom. The first-order valence-corrected chi connectivity index (χ1v) is 7.38. The number of hydrogen-bond donors (Lipinski definition) is 1. The van der Waals surface area contributed by atoms with Crippen molar-refractivity contribution in [1.29, 1.82) is 0 Å². The highest BCUT2D eigenvalue weighted by Crippen LogP contribution is 2.29. The van der Waals surface area contributed by atoms with E-state index in [2.05, 4.69) is 0 Å². The lowest BCUT2D eigenvalue weighted by Crippen LogP contribution is -2.32. The highest BCUT2D eigenvalue weighted by molar-refractivity contribution is 7.89. The van der Waals surface area contributed by atoms with E-state index in [-0.39, 0.29) is 18.7 Å². The van der Waals surface area contributed by atoms with E-state index in [1.165, 1.54) is 17.0 Å². The summed E-state index contributed by atoms with van der Waals surface area (Å²) in [6, 6.07) is 4.33. The van der Waals surface area contributed by atoms with Crippen molar-refractivity contribution in [1.82, 2.24) is 0 Å². The second-order valence-corrected chi connectivity index (χ2v) is 6.49. The molecule has 0 radical (unpaired) electrons. The zero-order valence-corrected chi connectivity index (χ0v) is 11.5. The normalized spacial score (nSPS) is 19.4. The van der Waals surface area contributed by atoms with Gasteiger partial charge in [-0.05, 0) is 13.0 Å². The van der Waals surface area contributed by atoms with Gasteiger partial charge in [0.25, 0.3) is 5.69 Å². The van der Waals surface area contributed by atoms with E-state index < -0.39 is 26.1 Å². The third-order valence-corrected chi connectivity index (χ3v) is 4.50. The number of sulfonamides is 1. The van der Waals surface area contributed by atoms with E-state index >= 15 is 0 Å². The van der Waals surface area contributed by atoms with Crippen LogP contribution in [0.3, 0.4) is 0 Å². The minimum absolute atomic E-state index is 0.0854. The molecule has 2 rings (SSSR count). The third kappa shape index (κ3) is 2.63. The van der Waals surface area contributed by atoms with Crippen molar-refractivity contribution in [3.63, 3.8) is 0 Å². The molecule has 1 unspecified atom stereocenters. The minimum atomic E-state index is -3.81. The molecule has 0 aliphatic carbocycles. The summed E-state index contributed by atoms with van der Waals surface area (Å²) in [6.45, 7) is 1.50. The first-order chi connectivity index (χ1) is 9.20. The van der Waals surface area contributed by atoms with E-state index in [1.807, 2.05) is 0 Å². The van der Waals surface area contributed by atoms with Gasteiger partial charge >= 0.3 is 0 Å². The van der Waals surface area contributed by atoms with Gasteiger partial charge in [0, 0.05) is 24.6 Å². The summed E-state index contributed by atoms with van der Waals surface area (Å²) < 4.78 is 22.6. The van der Waals surface area contributed by atoms with E-state index in [0.717, 1.165) is 0 Å². The van der Waals surface area contributed by atoms with Crippen molar-refractivity contribution in [3.8, 4) is 0 Å². The molecule has 1 aliphatic heterocycles. The van der Waals surface area contributed by atoms with Gasteiger partial charge in [-0.3, -0.25) is 14.9 Å². The molecule has 1 aromatic rings. The maximum Gasteiger partial charge on any atom is 0.274 e. The Kier molecular flexibility index (Phi) is 3.48. The number of primary sulfonamides is 1. The van der Waals surface area contributed by atoms with Crippen LogP contribution < -0.4 is 10.0 Å². The number of nitrogens with zero attached hydrogens (tertiary/aromatic N) is 2. The van der Waals surface area contributed by atoms with Crippen LogP contribution in [0.5, 0.6) is 0 Å². The zero-order valence-electron chi connectivity index (χ0n) is 10.6. The molecule has 1 atom stereocenters. The number of nitro groups is 1. The molecule has 0 aromatic heterocycles. The molecule has 1 aliphatic rings. The van der Waals surface area contributed by atoms with Crippen LogP contribution in [0, 0.1) is 17.0 Å². The topological polar surface area (TPSA) is 124 Å². The van der Waals surface area contributed by atoms with Gasteiger partial charge < -0.3 is 4.90 Å². The summed E-state index contributed by atoms with van der Waals surface area (Å²) in [5.74, 6) is -0.415. The average Bonchev–Trinajstić information content (AvgIpc) is 2.71. The quantitative estimate of drug-likeness (QED) is 0.635. The van der Waals surface area contributed by atoms with Crippen LogP contribution in [0.1, 0.15) is 12.0 Å². The number of hydrogen-bond acceptors (Lipinski definition) is 5. The van der Waals surface area contributed by atoms with Crippen LogP contribution >= 0.6 is 0 Å². The van der Waals surface area contributed by atoms with Crippen molar-refractivity contribution in [3.05, 3.63) is 33.9 Å². The summed E-state index contributed by atoms with van der Waals surface area (Å²) in [5.41, 5.74) is 0.654. The van der Waals surface area contributed by atoms with Gasteiger partial charge in [0.2, 0.25) is 15.9 Å². The van der Waals surface area contributed by atoms with Gasteiger partial charge in [-0.15, -0.1) is 0 Å². The monoisotopic (exact) mass is 299 g/mol. The molecule has 108 valence electrons. The average molecular weight is 299 g/mol. The fraction of sp³-hybridized carbons (Fsp3) is 0.364. The second-order valence-electron chi connectivity index (χ2n) is 4.65. The Morgan fingerprint density at radius 3 is 2.60 bits per heavy atom. The van der Waals surface area contributed by atoms with Crippen LogP contribution in [0.4, 0.5) is 11.4 Å². The van der Waals surface area contributed by atoms with Gasteiger partial charge in [0.05, 0.1) is 10.6 Å². The molecule has 8 nitrogen and oxygen atoms in total. The number of carbonyl (C=O) groups excluding carboxylic acids is 1.